The maximum Gasteiger partial charge on any atom is 0.157 e. The first-order chi connectivity index (χ1) is 14.7. The lowest BCUT2D eigenvalue weighted by molar-refractivity contribution is -0.139. The van der Waals surface area contributed by atoms with Crippen LogP contribution in [0.1, 0.15) is 70.8 Å². The number of nitrogens with zero attached hydrogens (tertiary/aromatic N) is 3. The summed E-state index contributed by atoms with van der Waals surface area (Å²) in [6.07, 6.45) is 9.24. The van der Waals surface area contributed by atoms with Crippen LogP contribution in [0.5, 0.6) is 0 Å². The number of aromatic nitrogens is 2. The van der Waals surface area contributed by atoms with E-state index in [0.717, 1.165) is 38.5 Å². The molecular weight excluding hydrogens is 393 g/mol. The van der Waals surface area contributed by atoms with Crippen molar-refractivity contribution in [1.82, 2.24) is 9.78 Å². The second-order valence-electron chi connectivity index (χ2n) is 11.4. The SMILES string of the molecule is C[C@@]1(O)CC[C@H]2[C@H](C1)C(F)CC1[C@@H]2CC[C@]2(C)[C@@H](C(=O)Cn3cc(C#N)cn3)CC[C@@H]12. The number of Topliss-reactive ketones (excluding diaryl/α,β-unsaturated/α-hetero) is 1. The number of carbonyl (C=O) groups is 1. The van der Waals surface area contributed by atoms with Gasteiger partial charge in [-0.3, -0.25) is 9.48 Å². The van der Waals surface area contributed by atoms with E-state index in [1.54, 1.807) is 10.9 Å². The molecule has 9 atom stereocenters. The van der Waals surface area contributed by atoms with Crippen molar-refractivity contribution in [3.8, 4) is 6.07 Å². The Hall–Kier alpha value is -1.74. The van der Waals surface area contributed by atoms with Crippen molar-refractivity contribution >= 4 is 5.78 Å². The predicted molar refractivity (Wildman–Crippen MR) is 113 cm³/mol. The van der Waals surface area contributed by atoms with Gasteiger partial charge in [0.15, 0.2) is 5.78 Å². The summed E-state index contributed by atoms with van der Waals surface area (Å²) in [7, 11) is 0. The second kappa shape index (κ2) is 7.40. The van der Waals surface area contributed by atoms with E-state index < -0.39 is 11.8 Å². The molecule has 4 aliphatic carbocycles. The molecule has 4 saturated carbocycles. The molecule has 4 fully saturated rings. The average Bonchev–Trinajstić information content (AvgIpc) is 3.31. The molecule has 1 aromatic heterocycles. The number of fused-ring (bicyclic) bond motifs is 5. The molecule has 0 saturated heterocycles. The molecule has 0 spiro atoms. The lowest BCUT2D eigenvalue weighted by Gasteiger charge is -2.57. The van der Waals surface area contributed by atoms with Crippen molar-refractivity contribution in [2.45, 2.75) is 83.5 Å². The summed E-state index contributed by atoms with van der Waals surface area (Å²) >= 11 is 0. The van der Waals surface area contributed by atoms with Gasteiger partial charge in [0.05, 0.1) is 23.9 Å². The molecule has 5 nitrogen and oxygen atoms in total. The largest absolute Gasteiger partial charge is 0.390 e. The van der Waals surface area contributed by atoms with Gasteiger partial charge in [0.2, 0.25) is 0 Å². The minimum absolute atomic E-state index is 0.00216. The van der Waals surface area contributed by atoms with Crippen LogP contribution in [0.15, 0.2) is 12.4 Å². The van der Waals surface area contributed by atoms with E-state index in [1.165, 1.54) is 6.20 Å². The van der Waals surface area contributed by atoms with Crippen LogP contribution in [0.4, 0.5) is 4.39 Å². The Bertz CT molecular complexity index is 905. The van der Waals surface area contributed by atoms with Crippen LogP contribution < -0.4 is 0 Å². The number of hydrogen-bond donors (Lipinski definition) is 1. The Kier molecular flexibility index (Phi) is 5.04. The van der Waals surface area contributed by atoms with Crippen LogP contribution >= 0.6 is 0 Å². The standard InChI is InChI=1S/C25H34FN3O2/c1-24(31)7-5-17-16-6-8-25(2)20(18(16)9-22(26)19(17)10-24)3-4-21(25)23(30)14-29-13-15(11-27)12-28-29/h12-13,16-22,31H,3-10,14H2,1-2H3/t16-,17-,18?,19+,20+,21-,22?,24-,25+/m1/s1. The van der Waals surface area contributed by atoms with E-state index in [-0.39, 0.29) is 29.6 Å². The predicted octanol–water partition coefficient (Wildman–Crippen LogP) is 4.29. The third kappa shape index (κ3) is 3.44. The Balaban J connectivity index is 1.33. The van der Waals surface area contributed by atoms with E-state index in [4.69, 9.17) is 5.26 Å². The van der Waals surface area contributed by atoms with Gasteiger partial charge in [-0.25, -0.2) is 4.39 Å². The lowest BCUT2D eigenvalue weighted by atomic mass is 9.48. The number of halogens is 1. The van der Waals surface area contributed by atoms with Crippen LogP contribution in [-0.4, -0.2) is 32.4 Å². The lowest BCUT2D eigenvalue weighted by Crippen LogP contribution is -2.54. The average molecular weight is 428 g/mol. The Labute approximate surface area is 184 Å². The minimum atomic E-state index is -0.830. The van der Waals surface area contributed by atoms with Crippen molar-refractivity contribution < 1.29 is 14.3 Å². The summed E-state index contributed by atoms with van der Waals surface area (Å²) in [5.41, 5.74) is -0.304. The van der Waals surface area contributed by atoms with Crippen molar-refractivity contribution in [3.63, 3.8) is 0 Å². The highest BCUT2D eigenvalue weighted by Gasteiger charge is 2.60. The smallest absolute Gasteiger partial charge is 0.157 e. The molecule has 1 aromatic rings. The normalized spacial score (nSPS) is 46.5. The highest BCUT2D eigenvalue weighted by atomic mass is 19.1. The van der Waals surface area contributed by atoms with Crippen LogP contribution in [-0.2, 0) is 11.3 Å². The number of alkyl halides is 1. The molecule has 0 aromatic carbocycles. The van der Waals surface area contributed by atoms with Gasteiger partial charge < -0.3 is 5.11 Å². The van der Waals surface area contributed by atoms with Gasteiger partial charge in [-0.2, -0.15) is 10.4 Å². The molecule has 168 valence electrons. The first-order valence-corrected chi connectivity index (χ1v) is 12.0. The quantitative estimate of drug-likeness (QED) is 0.780. The Morgan fingerprint density at radius 2 is 1.97 bits per heavy atom. The van der Waals surface area contributed by atoms with Gasteiger partial charge in [-0.1, -0.05) is 6.92 Å². The zero-order chi connectivity index (χ0) is 22.0. The van der Waals surface area contributed by atoms with E-state index in [2.05, 4.69) is 18.1 Å². The number of nitriles is 1. The summed E-state index contributed by atoms with van der Waals surface area (Å²) in [6.45, 7) is 4.36. The molecule has 1 heterocycles. The molecule has 0 bridgehead atoms. The van der Waals surface area contributed by atoms with Crippen LogP contribution in [0, 0.1) is 52.3 Å². The molecule has 31 heavy (non-hydrogen) atoms. The van der Waals surface area contributed by atoms with Crippen molar-refractivity contribution in [2.24, 2.45) is 40.9 Å². The molecule has 0 aliphatic heterocycles. The minimum Gasteiger partial charge on any atom is -0.390 e. The molecule has 2 unspecified atom stereocenters. The number of carbonyl (C=O) groups excluding carboxylic acids is 1. The molecule has 0 amide bonds. The maximum absolute atomic E-state index is 15.4. The summed E-state index contributed by atoms with van der Waals surface area (Å²) < 4.78 is 17.0. The van der Waals surface area contributed by atoms with Crippen molar-refractivity contribution in [1.29, 1.82) is 5.26 Å². The molecule has 6 heteroatoms. The van der Waals surface area contributed by atoms with Gasteiger partial charge in [-0.15, -0.1) is 0 Å². The summed E-state index contributed by atoms with van der Waals surface area (Å²) in [5, 5.41) is 23.7. The number of aliphatic hydroxyl groups is 1. The fourth-order valence-corrected chi connectivity index (χ4v) is 8.31. The monoisotopic (exact) mass is 427 g/mol. The third-order valence-electron chi connectivity index (χ3n) is 9.71. The first-order valence-electron chi connectivity index (χ1n) is 12.0. The van der Waals surface area contributed by atoms with E-state index in [9.17, 15) is 9.90 Å². The summed E-state index contributed by atoms with van der Waals surface area (Å²) in [5.74, 6) is 1.92. The summed E-state index contributed by atoms with van der Waals surface area (Å²) in [6, 6.07) is 2.06. The first kappa shape index (κ1) is 21.1. The third-order valence-corrected chi connectivity index (χ3v) is 9.71. The highest BCUT2D eigenvalue weighted by Crippen LogP contribution is 2.65. The van der Waals surface area contributed by atoms with Gasteiger partial charge >= 0.3 is 0 Å². The van der Waals surface area contributed by atoms with Crippen LogP contribution in [0.2, 0.25) is 0 Å². The van der Waals surface area contributed by atoms with Gasteiger partial charge in [0.25, 0.3) is 0 Å². The van der Waals surface area contributed by atoms with Crippen molar-refractivity contribution in [3.05, 3.63) is 18.0 Å². The number of rotatable bonds is 3. The highest BCUT2D eigenvalue weighted by molar-refractivity contribution is 5.82. The molecule has 0 radical (unpaired) electrons. The summed E-state index contributed by atoms with van der Waals surface area (Å²) in [4.78, 5) is 13.3. The number of ketones is 1. The van der Waals surface area contributed by atoms with Gasteiger partial charge in [0, 0.05) is 12.1 Å². The zero-order valence-corrected chi connectivity index (χ0v) is 18.6. The van der Waals surface area contributed by atoms with Gasteiger partial charge in [0.1, 0.15) is 12.2 Å². The Morgan fingerprint density at radius 1 is 1.23 bits per heavy atom. The van der Waals surface area contributed by atoms with Gasteiger partial charge in [-0.05, 0) is 93.3 Å². The van der Waals surface area contributed by atoms with E-state index >= 15 is 4.39 Å². The Morgan fingerprint density at radius 3 is 2.71 bits per heavy atom. The van der Waals surface area contributed by atoms with E-state index in [1.807, 2.05) is 6.92 Å². The molecule has 5 rings (SSSR count). The molecule has 4 aliphatic rings. The maximum atomic E-state index is 15.4. The number of hydrogen-bond acceptors (Lipinski definition) is 4. The van der Waals surface area contributed by atoms with Crippen LogP contribution in [0.25, 0.3) is 0 Å². The van der Waals surface area contributed by atoms with Crippen molar-refractivity contribution in [2.75, 3.05) is 0 Å². The fraction of sp³-hybridized carbons (Fsp3) is 0.800. The molecule has 1 N–H and O–H groups in total. The topological polar surface area (TPSA) is 78.9 Å². The second-order valence-corrected chi connectivity index (χ2v) is 11.4. The fourth-order valence-electron chi connectivity index (χ4n) is 8.31. The zero-order valence-electron chi connectivity index (χ0n) is 18.6. The molecular formula is C25H34FN3O2. The van der Waals surface area contributed by atoms with Crippen LogP contribution in [0.3, 0.4) is 0 Å². The van der Waals surface area contributed by atoms with E-state index in [0.29, 0.717) is 42.1 Å².